The van der Waals surface area contributed by atoms with Crippen LogP contribution >= 0.6 is 24.8 Å². The van der Waals surface area contributed by atoms with Gasteiger partial charge in [-0.15, -0.1) is 24.8 Å². The Labute approximate surface area is 163 Å². The topological polar surface area (TPSA) is 44.4 Å². The predicted octanol–water partition coefficient (Wildman–Crippen LogP) is 2.99. The van der Waals surface area contributed by atoms with Crippen molar-refractivity contribution in [3.05, 3.63) is 35.4 Å². The Bertz CT molecular complexity index is 527. The highest BCUT2D eigenvalue weighted by atomic mass is 35.5. The Hall–Kier alpha value is -0.810. The number of nitrogens with one attached hydrogen (secondary N) is 2. The Balaban J connectivity index is 0.00000156. The Morgan fingerprint density at radius 2 is 1.84 bits per heavy atom. The van der Waals surface area contributed by atoms with Gasteiger partial charge >= 0.3 is 0 Å². The fourth-order valence-corrected chi connectivity index (χ4v) is 3.55. The van der Waals surface area contributed by atoms with Gasteiger partial charge in [-0.05, 0) is 55.9 Å². The van der Waals surface area contributed by atoms with E-state index in [0.29, 0.717) is 6.54 Å². The second-order valence-electron chi connectivity index (χ2n) is 7.13. The number of hydrogen-bond donors (Lipinski definition) is 2. The molecule has 0 saturated carbocycles. The first-order valence-corrected chi connectivity index (χ1v) is 9.00. The van der Waals surface area contributed by atoms with E-state index in [-0.39, 0.29) is 36.6 Å². The molecule has 2 aliphatic heterocycles. The molecule has 1 unspecified atom stereocenters. The van der Waals surface area contributed by atoms with Crippen molar-refractivity contribution < 1.29 is 4.79 Å². The Morgan fingerprint density at radius 1 is 1.16 bits per heavy atom. The van der Waals surface area contributed by atoms with Gasteiger partial charge in [-0.25, -0.2) is 0 Å². The molecule has 2 fully saturated rings. The van der Waals surface area contributed by atoms with Crippen LogP contribution < -0.4 is 10.6 Å². The first kappa shape index (κ1) is 22.2. The third-order valence-corrected chi connectivity index (χ3v) is 5.27. The number of nitrogens with zero attached hydrogens (tertiary/aromatic N) is 1. The van der Waals surface area contributed by atoms with E-state index in [9.17, 15) is 4.79 Å². The molecule has 0 aliphatic carbocycles. The van der Waals surface area contributed by atoms with Crippen molar-refractivity contribution in [3.8, 4) is 0 Å². The highest BCUT2D eigenvalue weighted by Crippen LogP contribution is 2.19. The molecule has 1 aromatic carbocycles. The molecule has 6 heteroatoms. The number of halogens is 2. The number of benzene rings is 1. The summed E-state index contributed by atoms with van der Waals surface area (Å²) < 4.78 is 0. The summed E-state index contributed by atoms with van der Waals surface area (Å²) in [6, 6.07) is 8.53. The van der Waals surface area contributed by atoms with Crippen molar-refractivity contribution >= 4 is 30.7 Å². The molecule has 2 saturated heterocycles. The Kier molecular flexibility index (Phi) is 9.80. The van der Waals surface area contributed by atoms with Crippen LogP contribution in [0, 0.1) is 11.8 Å². The van der Waals surface area contributed by atoms with E-state index in [1.165, 1.54) is 37.1 Å². The number of carbonyl (C=O) groups is 1. The van der Waals surface area contributed by atoms with Crippen LogP contribution in [0.3, 0.4) is 0 Å². The van der Waals surface area contributed by atoms with Gasteiger partial charge in [-0.2, -0.15) is 0 Å². The van der Waals surface area contributed by atoms with Crippen LogP contribution in [0.15, 0.2) is 24.3 Å². The van der Waals surface area contributed by atoms with E-state index >= 15 is 0 Å². The van der Waals surface area contributed by atoms with Gasteiger partial charge in [-0.1, -0.05) is 31.2 Å². The minimum atomic E-state index is 0. The minimum Gasteiger partial charge on any atom is -0.352 e. The molecule has 2 aliphatic rings. The Morgan fingerprint density at radius 3 is 2.48 bits per heavy atom. The molecule has 142 valence electrons. The zero-order valence-electron chi connectivity index (χ0n) is 15.0. The number of hydrogen-bond acceptors (Lipinski definition) is 3. The summed E-state index contributed by atoms with van der Waals surface area (Å²) in [5.41, 5.74) is 2.61. The monoisotopic (exact) mass is 387 g/mol. The summed E-state index contributed by atoms with van der Waals surface area (Å²) in [6.45, 7) is 8.16. The van der Waals surface area contributed by atoms with Crippen LogP contribution in [0.4, 0.5) is 0 Å². The number of carbonyl (C=O) groups excluding carboxylic acids is 1. The fraction of sp³-hybridized carbons (Fsp3) is 0.632. The lowest BCUT2D eigenvalue weighted by Gasteiger charge is -2.30. The molecule has 25 heavy (non-hydrogen) atoms. The maximum atomic E-state index is 12.2. The average Bonchev–Trinajstić information content (AvgIpc) is 3.10. The molecule has 1 atom stereocenters. The summed E-state index contributed by atoms with van der Waals surface area (Å²) in [5, 5.41) is 6.38. The van der Waals surface area contributed by atoms with Crippen LogP contribution in [-0.2, 0) is 17.9 Å². The second-order valence-corrected chi connectivity index (χ2v) is 7.13. The molecule has 0 bridgehead atoms. The van der Waals surface area contributed by atoms with Gasteiger partial charge < -0.3 is 10.6 Å². The molecule has 4 nitrogen and oxygen atoms in total. The van der Waals surface area contributed by atoms with Crippen LogP contribution in [0.5, 0.6) is 0 Å². The van der Waals surface area contributed by atoms with Crippen molar-refractivity contribution in [1.29, 1.82) is 0 Å². The fourth-order valence-electron chi connectivity index (χ4n) is 3.55. The van der Waals surface area contributed by atoms with Gasteiger partial charge in [-0.3, -0.25) is 9.69 Å². The van der Waals surface area contributed by atoms with Crippen molar-refractivity contribution in [2.24, 2.45) is 11.8 Å². The molecule has 3 rings (SSSR count). The van der Waals surface area contributed by atoms with Gasteiger partial charge in [0.25, 0.3) is 0 Å². The van der Waals surface area contributed by atoms with E-state index in [2.05, 4.69) is 46.7 Å². The van der Waals surface area contributed by atoms with Crippen molar-refractivity contribution in [3.63, 3.8) is 0 Å². The first-order chi connectivity index (χ1) is 11.2. The average molecular weight is 388 g/mol. The minimum absolute atomic E-state index is 0. The van der Waals surface area contributed by atoms with Gasteiger partial charge in [0, 0.05) is 19.6 Å². The number of likely N-dealkylation sites (tertiary alicyclic amines) is 1. The number of amides is 1. The molecule has 2 N–H and O–H groups in total. The number of rotatable bonds is 5. The van der Waals surface area contributed by atoms with Crippen molar-refractivity contribution in [2.75, 3.05) is 26.2 Å². The summed E-state index contributed by atoms with van der Waals surface area (Å²) in [5.74, 6) is 1.20. The third-order valence-electron chi connectivity index (χ3n) is 5.27. The van der Waals surface area contributed by atoms with Gasteiger partial charge in [0.2, 0.25) is 5.91 Å². The highest BCUT2D eigenvalue weighted by Gasteiger charge is 2.22. The van der Waals surface area contributed by atoms with Gasteiger partial charge in [0.15, 0.2) is 0 Å². The van der Waals surface area contributed by atoms with Crippen LogP contribution in [-0.4, -0.2) is 37.0 Å². The summed E-state index contributed by atoms with van der Waals surface area (Å²) in [7, 11) is 0. The largest absolute Gasteiger partial charge is 0.352 e. The van der Waals surface area contributed by atoms with E-state index in [1.807, 2.05) is 0 Å². The second kappa shape index (κ2) is 11.0. The maximum absolute atomic E-state index is 12.2. The first-order valence-electron chi connectivity index (χ1n) is 9.00. The summed E-state index contributed by atoms with van der Waals surface area (Å²) in [6.07, 6.45) is 3.56. The molecular formula is C19H31Cl2N3O. The summed E-state index contributed by atoms with van der Waals surface area (Å²) >= 11 is 0. The predicted molar refractivity (Wildman–Crippen MR) is 107 cm³/mol. The van der Waals surface area contributed by atoms with E-state index in [4.69, 9.17) is 0 Å². The third kappa shape index (κ3) is 6.45. The lowest BCUT2D eigenvalue weighted by atomic mass is 9.98. The van der Waals surface area contributed by atoms with Gasteiger partial charge in [0.05, 0.1) is 5.92 Å². The molecule has 0 radical (unpaired) electrons. The summed E-state index contributed by atoms with van der Waals surface area (Å²) in [4.78, 5) is 14.7. The van der Waals surface area contributed by atoms with Crippen LogP contribution in [0.2, 0.25) is 0 Å². The smallest absolute Gasteiger partial charge is 0.224 e. The maximum Gasteiger partial charge on any atom is 0.224 e. The molecular weight excluding hydrogens is 357 g/mol. The standard InChI is InChI=1S/C19H29N3O.2ClH/c1-15-7-10-22(11-8-15)14-18-5-3-2-4-16(18)13-21-19(23)17-6-9-20-12-17;;/h2-5,15,17,20H,6-14H2,1H3,(H,21,23);2*1H. The van der Waals surface area contributed by atoms with E-state index < -0.39 is 0 Å². The molecule has 0 spiro atoms. The SMILES string of the molecule is CC1CCN(Cc2ccccc2CNC(=O)C2CCNC2)CC1.Cl.Cl. The van der Waals surface area contributed by atoms with Crippen LogP contribution in [0.1, 0.15) is 37.3 Å². The highest BCUT2D eigenvalue weighted by molar-refractivity contribution is 5.85. The van der Waals surface area contributed by atoms with Crippen molar-refractivity contribution in [2.45, 2.75) is 39.3 Å². The number of piperidine rings is 1. The quantitative estimate of drug-likeness (QED) is 0.815. The van der Waals surface area contributed by atoms with Crippen molar-refractivity contribution in [1.82, 2.24) is 15.5 Å². The normalized spacial score (nSPS) is 21.2. The van der Waals surface area contributed by atoms with E-state index in [1.54, 1.807) is 0 Å². The lowest BCUT2D eigenvalue weighted by Crippen LogP contribution is -2.34. The zero-order chi connectivity index (χ0) is 16.1. The van der Waals surface area contributed by atoms with Crippen LogP contribution in [0.25, 0.3) is 0 Å². The molecule has 0 aromatic heterocycles. The zero-order valence-corrected chi connectivity index (χ0v) is 16.6. The molecule has 1 amide bonds. The van der Waals surface area contributed by atoms with Gasteiger partial charge in [0.1, 0.15) is 0 Å². The van der Waals surface area contributed by atoms with E-state index in [0.717, 1.165) is 32.0 Å². The molecule has 1 aromatic rings. The molecule has 2 heterocycles. The lowest BCUT2D eigenvalue weighted by molar-refractivity contribution is -0.124.